The quantitative estimate of drug-likeness (QED) is 0.712. The fourth-order valence-electron chi connectivity index (χ4n) is 1.30. The minimum Gasteiger partial charge on any atom is -0.396 e. The Balaban J connectivity index is 2.33. The molecule has 2 N–H and O–H groups in total. The average Bonchev–Trinajstić information content (AvgIpc) is 2.74. The van der Waals surface area contributed by atoms with Gasteiger partial charge in [0.15, 0.2) is 0 Å². The molecule has 0 aliphatic rings. The van der Waals surface area contributed by atoms with Gasteiger partial charge in [0.2, 0.25) is 0 Å². The molecule has 6 nitrogen and oxygen atoms in total. The zero-order valence-corrected chi connectivity index (χ0v) is 10.3. The molecule has 6 heteroatoms. The highest BCUT2D eigenvalue weighted by atomic mass is 16.3. The molecular weight excluding hydrogens is 218 g/mol. The van der Waals surface area contributed by atoms with E-state index in [4.69, 9.17) is 10.4 Å². The molecule has 0 fully saturated rings. The summed E-state index contributed by atoms with van der Waals surface area (Å²) in [7, 11) is 0. The molecule has 17 heavy (non-hydrogen) atoms. The van der Waals surface area contributed by atoms with Gasteiger partial charge in [-0.1, -0.05) is 5.21 Å². The minimum absolute atomic E-state index is 0.157. The van der Waals surface area contributed by atoms with Crippen LogP contribution in [0.15, 0.2) is 6.20 Å². The second kappa shape index (κ2) is 6.33. The largest absolute Gasteiger partial charge is 0.396 e. The lowest BCUT2D eigenvalue weighted by Crippen LogP contribution is -2.27. The summed E-state index contributed by atoms with van der Waals surface area (Å²) in [6.45, 7) is 5.82. The number of nitrogens with zero attached hydrogens (tertiary/aromatic N) is 4. The molecule has 0 saturated heterocycles. The number of aliphatic hydroxyl groups excluding tert-OH is 1. The third-order valence-corrected chi connectivity index (χ3v) is 2.31. The van der Waals surface area contributed by atoms with Crippen molar-refractivity contribution in [1.29, 1.82) is 5.26 Å². The molecule has 1 rings (SSSR count). The summed E-state index contributed by atoms with van der Waals surface area (Å²) in [5.74, 6) is 0. The van der Waals surface area contributed by atoms with Gasteiger partial charge in [-0.15, -0.1) is 5.10 Å². The van der Waals surface area contributed by atoms with Gasteiger partial charge in [0.1, 0.15) is 0 Å². The highest BCUT2D eigenvalue weighted by molar-refractivity contribution is 4.96. The molecule has 0 amide bonds. The van der Waals surface area contributed by atoms with E-state index in [2.05, 4.69) is 21.7 Å². The van der Waals surface area contributed by atoms with Crippen LogP contribution in [-0.4, -0.2) is 33.3 Å². The van der Waals surface area contributed by atoms with Crippen LogP contribution < -0.4 is 5.32 Å². The predicted molar refractivity (Wildman–Crippen MR) is 62.8 cm³/mol. The van der Waals surface area contributed by atoms with E-state index in [0.717, 1.165) is 5.69 Å². The van der Waals surface area contributed by atoms with E-state index in [1.807, 2.05) is 20.0 Å². The van der Waals surface area contributed by atoms with Gasteiger partial charge in [-0.2, -0.15) is 5.26 Å². The van der Waals surface area contributed by atoms with Crippen LogP contribution in [0.5, 0.6) is 0 Å². The van der Waals surface area contributed by atoms with E-state index < -0.39 is 0 Å². The molecule has 1 heterocycles. The number of hydrogen-bond acceptors (Lipinski definition) is 5. The number of aromatic nitrogens is 3. The van der Waals surface area contributed by atoms with E-state index in [1.54, 1.807) is 4.68 Å². The summed E-state index contributed by atoms with van der Waals surface area (Å²) in [6, 6.07) is 2.23. The Labute approximate surface area is 101 Å². The second-order valence-corrected chi connectivity index (χ2v) is 4.65. The first-order valence-electron chi connectivity index (χ1n) is 5.69. The van der Waals surface area contributed by atoms with E-state index in [-0.39, 0.29) is 12.0 Å². The number of rotatable bonds is 7. The Morgan fingerprint density at radius 3 is 3.00 bits per heavy atom. The molecular formula is C11H19N5O. The van der Waals surface area contributed by atoms with Gasteiger partial charge in [0.25, 0.3) is 0 Å². The van der Waals surface area contributed by atoms with Crippen LogP contribution in [0.4, 0.5) is 0 Å². The van der Waals surface area contributed by atoms with E-state index in [9.17, 15) is 0 Å². The number of aryl methyl sites for hydroxylation is 1. The van der Waals surface area contributed by atoms with Crippen molar-refractivity contribution in [3.8, 4) is 6.07 Å². The van der Waals surface area contributed by atoms with Gasteiger partial charge in [-0.25, -0.2) is 0 Å². The maximum atomic E-state index is 8.85. The van der Waals surface area contributed by atoms with Gasteiger partial charge >= 0.3 is 0 Å². The molecule has 0 aliphatic carbocycles. The summed E-state index contributed by atoms with van der Waals surface area (Å²) >= 11 is 0. The smallest absolute Gasteiger partial charge is 0.0964 e. The summed E-state index contributed by atoms with van der Waals surface area (Å²) in [4.78, 5) is 0. The number of nitrogens with one attached hydrogen (secondary N) is 1. The van der Waals surface area contributed by atoms with Crippen LogP contribution >= 0.6 is 0 Å². The van der Waals surface area contributed by atoms with Crippen LogP contribution in [0.2, 0.25) is 0 Å². The molecule has 0 unspecified atom stereocenters. The first-order valence-corrected chi connectivity index (χ1v) is 5.69. The van der Waals surface area contributed by atoms with E-state index in [0.29, 0.717) is 26.1 Å². The lowest BCUT2D eigenvalue weighted by molar-refractivity contribution is 0.276. The van der Waals surface area contributed by atoms with Crippen molar-refractivity contribution in [3.63, 3.8) is 0 Å². The number of hydrogen-bond donors (Lipinski definition) is 2. The van der Waals surface area contributed by atoms with Crippen LogP contribution in [0, 0.1) is 16.7 Å². The average molecular weight is 237 g/mol. The van der Waals surface area contributed by atoms with Gasteiger partial charge in [-0.05, 0) is 20.3 Å². The molecule has 0 aliphatic heterocycles. The maximum Gasteiger partial charge on any atom is 0.0964 e. The van der Waals surface area contributed by atoms with Gasteiger partial charge in [-0.3, -0.25) is 4.68 Å². The fourth-order valence-corrected chi connectivity index (χ4v) is 1.30. The number of aliphatic hydroxyl groups is 1. The van der Waals surface area contributed by atoms with Crippen molar-refractivity contribution in [2.75, 3.05) is 13.2 Å². The van der Waals surface area contributed by atoms with Crippen LogP contribution in [-0.2, 0) is 13.1 Å². The van der Waals surface area contributed by atoms with E-state index in [1.165, 1.54) is 0 Å². The second-order valence-electron chi connectivity index (χ2n) is 4.65. The lowest BCUT2D eigenvalue weighted by atomic mass is 9.96. The third kappa shape index (κ3) is 4.93. The third-order valence-electron chi connectivity index (χ3n) is 2.31. The Bertz CT molecular complexity index is 379. The number of nitriles is 1. The summed E-state index contributed by atoms with van der Waals surface area (Å²) < 4.78 is 1.71. The molecule has 0 aromatic carbocycles. The van der Waals surface area contributed by atoms with Gasteiger partial charge in [0.05, 0.1) is 17.2 Å². The minimum atomic E-state index is -0.368. The molecule has 1 aromatic heterocycles. The van der Waals surface area contributed by atoms with Crippen molar-refractivity contribution in [1.82, 2.24) is 20.3 Å². The summed E-state index contributed by atoms with van der Waals surface area (Å²) in [6.07, 6.45) is 2.53. The van der Waals surface area contributed by atoms with Crippen molar-refractivity contribution < 1.29 is 5.11 Å². The topological polar surface area (TPSA) is 86.8 Å². The molecule has 0 spiro atoms. The van der Waals surface area contributed by atoms with Crippen LogP contribution in [0.25, 0.3) is 0 Å². The van der Waals surface area contributed by atoms with Crippen LogP contribution in [0.3, 0.4) is 0 Å². The van der Waals surface area contributed by atoms with Crippen molar-refractivity contribution in [3.05, 3.63) is 11.9 Å². The molecule has 1 aromatic rings. The van der Waals surface area contributed by atoms with Crippen molar-refractivity contribution in [2.24, 2.45) is 5.41 Å². The van der Waals surface area contributed by atoms with E-state index >= 15 is 0 Å². The zero-order valence-electron chi connectivity index (χ0n) is 10.3. The molecule has 94 valence electrons. The molecule has 0 atom stereocenters. The first kappa shape index (κ1) is 13.6. The Kier molecular flexibility index (Phi) is 5.07. The SMILES string of the molecule is CC(C)(C#N)CNCc1cn(CCCO)nn1. The highest BCUT2D eigenvalue weighted by Gasteiger charge is 2.15. The molecule has 0 saturated carbocycles. The maximum absolute atomic E-state index is 8.85. The predicted octanol–water partition coefficient (Wildman–Crippen LogP) is 0.300. The Hall–Kier alpha value is -1.45. The monoisotopic (exact) mass is 237 g/mol. The zero-order chi connectivity index (χ0) is 12.7. The normalized spacial score (nSPS) is 11.4. The van der Waals surface area contributed by atoms with Crippen molar-refractivity contribution in [2.45, 2.75) is 33.4 Å². The molecule has 0 bridgehead atoms. The summed E-state index contributed by atoms with van der Waals surface area (Å²) in [5.41, 5.74) is 0.476. The Morgan fingerprint density at radius 2 is 2.35 bits per heavy atom. The van der Waals surface area contributed by atoms with Crippen LogP contribution in [0.1, 0.15) is 26.0 Å². The van der Waals surface area contributed by atoms with Gasteiger partial charge < -0.3 is 10.4 Å². The fraction of sp³-hybridized carbons (Fsp3) is 0.727. The Morgan fingerprint density at radius 1 is 1.59 bits per heavy atom. The first-order chi connectivity index (χ1) is 8.07. The standard InChI is InChI=1S/C11H19N5O/c1-11(2,8-12)9-13-6-10-7-16(15-14-10)4-3-5-17/h7,13,17H,3-6,9H2,1-2H3. The molecule has 0 radical (unpaired) electrons. The highest BCUT2D eigenvalue weighted by Crippen LogP contribution is 2.10. The van der Waals surface area contributed by atoms with Gasteiger partial charge in [0, 0.05) is 32.4 Å². The summed E-state index contributed by atoms with van der Waals surface area (Å²) in [5, 5.41) is 28.6. The van der Waals surface area contributed by atoms with Crippen molar-refractivity contribution >= 4 is 0 Å². The lowest BCUT2D eigenvalue weighted by Gasteiger charge is -2.14.